The molecule has 8 rings (SSSR count). The van der Waals surface area contributed by atoms with Gasteiger partial charge in [-0.2, -0.15) is 0 Å². The van der Waals surface area contributed by atoms with Gasteiger partial charge in [0, 0.05) is 0 Å². The molecule has 0 saturated carbocycles. The van der Waals surface area contributed by atoms with Crippen molar-refractivity contribution in [1.29, 1.82) is 0 Å². The van der Waals surface area contributed by atoms with Gasteiger partial charge in [0.05, 0.1) is 0 Å². The third kappa shape index (κ3) is 1.62. The highest BCUT2D eigenvalue weighted by Crippen LogP contribution is 2.46. The maximum Gasteiger partial charge on any atom is -0.00199 e. The van der Waals surface area contributed by atoms with Crippen molar-refractivity contribution in [3.63, 3.8) is 0 Å². The maximum atomic E-state index is 2.45. The van der Waals surface area contributed by atoms with E-state index in [2.05, 4.69) is 97.1 Å². The number of hydrogen-bond acceptors (Lipinski definition) is 0. The summed E-state index contributed by atoms with van der Waals surface area (Å²) in [6.07, 6.45) is 0. The van der Waals surface area contributed by atoms with Gasteiger partial charge < -0.3 is 0 Å². The van der Waals surface area contributed by atoms with Crippen molar-refractivity contribution < 1.29 is 0 Å². The van der Waals surface area contributed by atoms with Crippen LogP contribution in [-0.4, -0.2) is 0 Å². The molecule has 8 aromatic rings. The lowest BCUT2D eigenvalue weighted by Gasteiger charge is -2.04. The van der Waals surface area contributed by atoms with Crippen LogP contribution in [0.3, 0.4) is 0 Å². The van der Waals surface area contributed by atoms with E-state index in [1.165, 1.54) is 75.4 Å². The summed E-state index contributed by atoms with van der Waals surface area (Å²) in [4.78, 5) is 0. The van der Waals surface area contributed by atoms with Gasteiger partial charge in [-0.3, -0.25) is 0 Å². The van der Waals surface area contributed by atoms with Gasteiger partial charge in [0.1, 0.15) is 0 Å². The Morgan fingerprint density at radius 3 is 1.43 bits per heavy atom. The Hall–Kier alpha value is -3.90. The normalized spacial score (nSPS) is 12.7. The van der Waals surface area contributed by atoms with Crippen LogP contribution < -0.4 is 0 Å². The van der Waals surface area contributed by atoms with Crippen molar-refractivity contribution in [1.82, 2.24) is 0 Å². The topological polar surface area (TPSA) is 0 Å². The molecule has 0 nitrogen and oxygen atoms in total. The highest BCUT2D eigenvalue weighted by Gasteiger charge is 2.17. The zero-order valence-corrected chi connectivity index (χ0v) is 16.2. The number of fused-ring (bicyclic) bond motifs is 8. The van der Waals surface area contributed by atoms with Gasteiger partial charge in [-0.05, 0) is 93.6 Å². The molecular formula is C30H16. The summed E-state index contributed by atoms with van der Waals surface area (Å²) in [6, 6.07) is 36.2. The second kappa shape index (κ2) is 4.98. The lowest BCUT2D eigenvalue weighted by molar-refractivity contribution is 1.82. The molecule has 0 bridgehead atoms. The van der Waals surface area contributed by atoms with E-state index >= 15 is 0 Å². The lowest BCUT2D eigenvalue weighted by Crippen LogP contribution is -1.77. The first-order valence-corrected chi connectivity index (χ1v) is 10.5. The first-order chi connectivity index (χ1) is 14.9. The van der Waals surface area contributed by atoms with Crippen molar-refractivity contribution in [2.75, 3.05) is 0 Å². The third-order valence-electron chi connectivity index (χ3n) is 7.11. The smallest absolute Gasteiger partial charge is 0.00199 e. The highest BCUT2D eigenvalue weighted by molar-refractivity contribution is 6.39. The molecule has 0 aliphatic rings. The Morgan fingerprint density at radius 1 is 0.267 bits per heavy atom. The van der Waals surface area contributed by atoms with Crippen LogP contribution in [0.5, 0.6) is 0 Å². The zero-order valence-electron chi connectivity index (χ0n) is 16.2. The maximum absolute atomic E-state index is 2.45. The number of hydrogen-bond donors (Lipinski definition) is 0. The van der Waals surface area contributed by atoms with Gasteiger partial charge in [0.25, 0.3) is 0 Å². The van der Waals surface area contributed by atoms with Crippen LogP contribution >= 0.6 is 0 Å². The quantitative estimate of drug-likeness (QED) is 0.232. The molecule has 0 aliphatic carbocycles. The molecule has 30 heavy (non-hydrogen) atoms. The third-order valence-corrected chi connectivity index (χ3v) is 7.11. The molecule has 0 fully saturated rings. The minimum absolute atomic E-state index is 1.32. The summed E-state index contributed by atoms with van der Waals surface area (Å²) in [5, 5.41) is 19.1. The van der Waals surface area contributed by atoms with E-state index in [0.717, 1.165) is 0 Å². The molecule has 0 heterocycles. The average Bonchev–Trinajstić information content (AvgIpc) is 3.29. The van der Waals surface area contributed by atoms with Gasteiger partial charge in [-0.1, -0.05) is 78.9 Å². The highest BCUT2D eigenvalue weighted by atomic mass is 14.2. The first-order valence-electron chi connectivity index (χ1n) is 10.5. The standard InChI is InChI=1S/C30H16/c1-2-9-19-18(6-1)14-28-27-16-25-22-11-4-8-17-7-3-10-21(29(17)22)24(25)15-26(27)23-13-5-12-20(19)30(23)28/h1-16H. The molecule has 0 saturated heterocycles. The molecule has 0 N–H and O–H groups in total. The molecule has 0 aromatic heterocycles. The summed E-state index contributed by atoms with van der Waals surface area (Å²) >= 11 is 0. The zero-order chi connectivity index (χ0) is 19.4. The molecule has 0 spiro atoms. The lowest BCUT2D eigenvalue weighted by atomic mass is 9.99. The van der Waals surface area contributed by atoms with E-state index in [1.807, 2.05) is 0 Å². The molecule has 0 atom stereocenters. The second-order valence-electron chi connectivity index (χ2n) is 8.53. The SMILES string of the molecule is c1ccc2c(c1)cc1c3cc4c(cc3c3cccc2c31)c1cccc2cccc4c21. The van der Waals surface area contributed by atoms with Crippen molar-refractivity contribution in [2.24, 2.45) is 0 Å². The molecule has 0 radical (unpaired) electrons. The van der Waals surface area contributed by atoms with Gasteiger partial charge in [-0.25, -0.2) is 0 Å². The van der Waals surface area contributed by atoms with Gasteiger partial charge in [0.15, 0.2) is 0 Å². The molecule has 0 unspecified atom stereocenters. The molecular weight excluding hydrogens is 360 g/mol. The van der Waals surface area contributed by atoms with Crippen molar-refractivity contribution in [3.8, 4) is 0 Å². The van der Waals surface area contributed by atoms with E-state index in [4.69, 9.17) is 0 Å². The fourth-order valence-electron chi connectivity index (χ4n) is 5.88. The second-order valence-corrected chi connectivity index (χ2v) is 8.53. The van der Waals surface area contributed by atoms with E-state index < -0.39 is 0 Å². The summed E-state index contributed by atoms with van der Waals surface area (Å²) < 4.78 is 0. The minimum atomic E-state index is 1.32. The van der Waals surface area contributed by atoms with Crippen LogP contribution in [0.25, 0.3) is 75.4 Å². The van der Waals surface area contributed by atoms with E-state index in [-0.39, 0.29) is 0 Å². The van der Waals surface area contributed by atoms with E-state index in [1.54, 1.807) is 0 Å². The van der Waals surface area contributed by atoms with Crippen LogP contribution in [0.2, 0.25) is 0 Å². The van der Waals surface area contributed by atoms with Crippen LogP contribution in [0.4, 0.5) is 0 Å². The largest absolute Gasteiger partial charge is 0.0616 e. The molecule has 136 valence electrons. The van der Waals surface area contributed by atoms with E-state index in [0.29, 0.717) is 0 Å². The van der Waals surface area contributed by atoms with Crippen LogP contribution in [0.1, 0.15) is 0 Å². The van der Waals surface area contributed by atoms with Gasteiger partial charge >= 0.3 is 0 Å². The van der Waals surface area contributed by atoms with Gasteiger partial charge in [0.2, 0.25) is 0 Å². The van der Waals surface area contributed by atoms with Crippen molar-refractivity contribution >= 4 is 75.4 Å². The molecule has 0 aliphatic heterocycles. The van der Waals surface area contributed by atoms with Gasteiger partial charge in [-0.15, -0.1) is 0 Å². The molecule has 0 heteroatoms. The Morgan fingerprint density at radius 2 is 0.733 bits per heavy atom. The molecule has 0 amide bonds. The Balaban J connectivity index is 1.71. The number of benzene rings is 6. The summed E-state index contributed by atoms with van der Waals surface area (Å²) in [6.45, 7) is 0. The summed E-state index contributed by atoms with van der Waals surface area (Å²) in [7, 11) is 0. The molecule has 8 aromatic carbocycles. The minimum Gasteiger partial charge on any atom is -0.0616 e. The fraction of sp³-hybridized carbons (Fsp3) is 0. The van der Waals surface area contributed by atoms with E-state index in [9.17, 15) is 0 Å². The van der Waals surface area contributed by atoms with Crippen molar-refractivity contribution in [3.05, 3.63) is 97.1 Å². The predicted octanol–water partition coefficient (Wildman–Crippen LogP) is 8.63. The number of rotatable bonds is 0. The predicted molar refractivity (Wildman–Crippen MR) is 131 cm³/mol. The Bertz CT molecular complexity index is 1930. The van der Waals surface area contributed by atoms with Crippen LogP contribution in [0, 0.1) is 0 Å². The average molecular weight is 376 g/mol. The monoisotopic (exact) mass is 376 g/mol. The van der Waals surface area contributed by atoms with Crippen LogP contribution in [-0.2, 0) is 0 Å². The fourth-order valence-corrected chi connectivity index (χ4v) is 5.88. The Labute approximate surface area is 172 Å². The first kappa shape index (κ1) is 15.0. The van der Waals surface area contributed by atoms with Crippen molar-refractivity contribution in [2.45, 2.75) is 0 Å². The Kier molecular flexibility index (Phi) is 2.49. The van der Waals surface area contributed by atoms with Crippen LogP contribution in [0.15, 0.2) is 97.1 Å². The summed E-state index contributed by atoms with van der Waals surface area (Å²) in [5.41, 5.74) is 0. The summed E-state index contributed by atoms with van der Waals surface area (Å²) in [5.74, 6) is 0.